The lowest BCUT2D eigenvalue weighted by atomic mass is 9.77. The van der Waals surface area contributed by atoms with Gasteiger partial charge in [0.2, 0.25) is 0 Å². The summed E-state index contributed by atoms with van der Waals surface area (Å²) in [6.45, 7) is 4.68. The molecular weight excluding hydrogens is 382 g/mol. The average molecular weight is 408 g/mol. The Labute approximate surface area is 183 Å². The second-order valence-electron chi connectivity index (χ2n) is 8.00. The molecule has 3 aromatic carbocycles. The van der Waals surface area contributed by atoms with Crippen molar-refractivity contribution in [1.82, 2.24) is 0 Å². The third-order valence-electron chi connectivity index (χ3n) is 6.16. The molecule has 148 valence electrons. The average Bonchev–Trinajstić information content (AvgIpc) is 2.82. The first-order valence-electron chi connectivity index (χ1n) is 10.6. The molecule has 0 bridgehead atoms. The van der Waals surface area contributed by atoms with Gasteiger partial charge in [0.15, 0.2) is 0 Å². The highest BCUT2D eigenvalue weighted by Gasteiger charge is 2.31. The summed E-state index contributed by atoms with van der Waals surface area (Å²) >= 11 is 1.90. The summed E-state index contributed by atoms with van der Waals surface area (Å²) in [6.07, 6.45) is 3.32. The van der Waals surface area contributed by atoms with Gasteiger partial charge in [-0.2, -0.15) is 0 Å². The molecule has 30 heavy (non-hydrogen) atoms. The molecule has 1 aliphatic heterocycles. The van der Waals surface area contributed by atoms with Gasteiger partial charge in [0.1, 0.15) is 0 Å². The summed E-state index contributed by atoms with van der Waals surface area (Å²) in [5.41, 5.74) is 7.90. The van der Waals surface area contributed by atoms with E-state index in [2.05, 4.69) is 105 Å². The molecule has 0 fully saturated rings. The number of fused-ring (bicyclic) bond motifs is 2. The second-order valence-corrected chi connectivity index (χ2v) is 9.05. The minimum absolute atomic E-state index is 0.307. The van der Waals surface area contributed by atoms with Gasteiger partial charge in [-0.1, -0.05) is 104 Å². The fraction of sp³-hybridized carbons (Fsp3) is 0.179. The van der Waals surface area contributed by atoms with Crippen LogP contribution in [-0.2, 0) is 0 Å². The Balaban J connectivity index is 1.66. The maximum atomic E-state index is 5.05. The molecule has 2 atom stereocenters. The van der Waals surface area contributed by atoms with E-state index >= 15 is 0 Å². The number of nitrogens with zero attached hydrogens (tertiary/aromatic N) is 1. The summed E-state index contributed by atoms with van der Waals surface area (Å²) in [5.74, 6) is 0.654. The Morgan fingerprint density at radius 3 is 2.03 bits per heavy atom. The molecule has 0 saturated heterocycles. The Kier molecular flexibility index (Phi) is 5.18. The van der Waals surface area contributed by atoms with E-state index in [-0.39, 0.29) is 0 Å². The van der Waals surface area contributed by atoms with Crippen LogP contribution in [-0.4, -0.2) is 5.71 Å². The van der Waals surface area contributed by atoms with Crippen LogP contribution in [0.3, 0.4) is 0 Å². The summed E-state index contributed by atoms with van der Waals surface area (Å²) < 4.78 is 0. The number of aliphatic imine (C=N–C) groups is 1. The van der Waals surface area contributed by atoms with Crippen LogP contribution < -0.4 is 0 Å². The highest BCUT2D eigenvalue weighted by atomic mass is 32.2. The van der Waals surface area contributed by atoms with E-state index in [1.54, 1.807) is 0 Å². The van der Waals surface area contributed by atoms with Crippen LogP contribution in [0.2, 0.25) is 0 Å². The van der Waals surface area contributed by atoms with Crippen molar-refractivity contribution in [2.24, 2.45) is 4.99 Å². The molecule has 5 rings (SSSR count). The molecule has 2 aliphatic rings. The van der Waals surface area contributed by atoms with Gasteiger partial charge in [-0.25, -0.2) is 0 Å². The molecular formula is C28H25NS. The van der Waals surface area contributed by atoms with E-state index < -0.39 is 0 Å². The molecule has 3 aromatic rings. The van der Waals surface area contributed by atoms with E-state index in [1.807, 2.05) is 11.8 Å². The molecule has 2 heteroatoms. The number of para-hydroxylation sites is 1. The predicted molar refractivity (Wildman–Crippen MR) is 129 cm³/mol. The molecule has 0 aromatic heterocycles. The van der Waals surface area contributed by atoms with Crippen molar-refractivity contribution in [3.05, 3.63) is 118 Å². The Morgan fingerprint density at radius 2 is 1.33 bits per heavy atom. The summed E-state index contributed by atoms with van der Waals surface area (Å²) in [5, 5.41) is 0. The van der Waals surface area contributed by atoms with Crippen LogP contribution in [0.1, 0.15) is 43.2 Å². The van der Waals surface area contributed by atoms with Gasteiger partial charge >= 0.3 is 0 Å². The highest BCUT2D eigenvalue weighted by Crippen LogP contribution is 2.50. The number of benzene rings is 3. The van der Waals surface area contributed by atoms with Crippen molar-refractivity contribution < 1.29 is 0 Å². The molecule has 0 radical (unpaired) electrons. The number of thioether (sulfide) groups is 1. The lowest BCUT2D eigenvalue weighted by Crippen LogP contribution is -2.18. The smallest absolute Gasteiger partial charge is 0.0772 e. The zero-order valence-corrected chi connectivity index (χ0v) is 18.2. The van der Waals surface area contributed by atoms with Crippen LogP contribution in [0, 0.1) is 0 Å². The van der Waals surface area contributed by atoms with Gasteiger partial charge in [0.25, 0.3) is 0 Å². The highest BCUT2D eigenvalue weighted by molar-refractivity contribution is 8.04. The zero-order valence-electron chi connectivity index (χ0n) is 17.4. The SMILES string of the molecule is CC(C1=CCC2=Nc3ccccc3SC2=C1C(C)c1ccccc1)c1ccccc1. The van der Waals surface area contributed by atoms with Crippen LogP contribution in [0.4, 0.5) is 5.69 Å². The summed E-state index contributed by atoms with van der Waals surface area (Å²) in [7, 11) is 0. The maximum absolute atomic E-state index is 5.05. The van der Waals surface area contributed by atoms with Crippen molar-refractivity contribution in [3.63, 3.8) is 0 Å². The van der Waals surface area contributed by atoms with Gasteiger partial charge < -0.3 is 0 Å². The minimum atomic E-state index is 0.307. The van der Waals surface area contributed by atoms with Crippen molar-refractivity contribution in [1.29, 1.82) is 0 Å². The zero-order chi connectivity index (χ0) is 20.5. The number of hydrogen-bond donors (Lipinski definition) is 0. The largest absolute Gasteiger partial charge is 0.251 e. The Hall–Kier alpha value is -2.84. The third kappa shape index (κ3) is 3.46. The Bertz CT molecular complexity index is 1160. The third-order valence-corrected chi connectivity index (χ3v) is 7.39. The van der Waals surface area contributed by atoms with E-state index in [9.17, 15) is 0 Å². The predicted octanol–water partition coefficient (Wildman–Crippen LogP) is 8.06. The summed E-state index contributed by atoms with van der Waals surface area (Å²) in [4.78, 5) is 7.66. The first-order valence-corrected chi connectivity index (χ1v) is 11.4. The number of hydrogen-bond acceptors (Lipinski definition) is 2. The normalized spacial score (nSPS) is 17.4. The fourth-order valence-corrected chi connectivity index (χ4v) is 5.72. The molecule has 1 heterocycles. The van der Waals surface area contributed by atoms with Crippen molar-refractivity contribution in [3.8, 4) is 0 Å². The van der Waals surface area contributed by atoms with Crippen molar-refractivity contribution in [2.75, 3.05) is 0 Å². The van der Waals surface area contributed by atoms with Crippen molar-refractivity contribution in [2.45, 2.75) is 37.0 Å². The monoisotopic (exact) mass is 407 g/mol. The molecule has 1 nitrogen and oxygen atoms in total. The van der Waals surface area contributed by atoms with Crippen LogP contribution in [0.5, 0.6) is 0 Å². The molecule has 2 unspecified atom stereocenters. The van der Waals surface area contributed by atoms with Crippen LogP contribution in [0.25, 0.3) is 0 Å². The maximum Gasteiger partial charge on any atom is 0.0772 e. The van der Waals surface area contributed by atoms with Gasteiger partial charge in [0, 0.05) is 28.1 Å². The van der Waals surface area contributed by atoms with E-state index in [4.69, 9.17) is 4.99 Å². The second kappa shape index (κ2) is 8.12. The number of rotatable bonds is 4. The molecule has 1 aliphatic carbocycles. The molecule has 0 N–H and O–H groups in total. The first kappa shape index (κ1) is 19.1. The van der Waals surface area contributed by atoms with E-state index in [0.717, 1.165) is 12.1 Å². The minimum Gasteiger partial charge on any atom is -0.251 e. The van der Waals surface area contributed by atoms with E-state index in [1.165, 1.54) is 37.8 Å². The topological polar surface area (TPSA) is 12.4 Å². The van der Waals surface area contributed by atoms with Crippen LogP contribution >= 0.6 is 11.8 Å². The van der Waals surface area contributed by atoms with Gasteiger partial charge in [-0.15, -0.1) is 0 Å². The lowest BCUT2D eigenvalue weighted by molar-refractivity contribution is 0.816. The van der Waals surface area contributed by atoms with Gasteiger partial charge in [-0.05, 0) is 34.4 Å². The van der Waals surface area contributed by atoms with Crippen LogP contribution in [0.15, 0.2) is 117 Å². The molecule has 0 saturated carbocycles. The summed E-state index contributed by atoms with van der Waals surface area (Å²) in [6, 6.07) is 30.2. The van der Waals surface area contributed by atoms with Crippen molar-refractivity contribution >= 4 is 23.2 Å². The molecule has 0 amide bonds. The fourth-order valence-electron chi connectivity index (χ4n) is 4.48. The Morgan fingerprint density at radius 1 is 0.733 bits per heavy atom. The van der Waals surface area contributed by atoms with Gasteiger partial charge in [0.05, 0.1) is 11.4 Å². The molecule has 0 spiro atoms. The quantitative estimate of drug-likeness (QED) is 0.426. The number of allylic oxidation sites excluding steroid dienone is 4. The standard InChI is InChI=1S/C28H25NS/c1-19(21-11-5-3-6-12-21)23-17-18-25-28(30-26-16-10-9-15-24(26)29-25)27(23)20(2)22-13-7-4-8-14-22/h3-17,19-20H,18H2,1-2H3. The van der Waals surface area contributed by atoms with E-state index in [0.29, 0.717) is 11.8 Å². The first-order chi connectivity index (χ1) is 14.7. The van der Waals surface area contributed by atoms with Gasteiger partial charge in [-0.3, -0.25) is 4.99 Å². The lowest BCUT2D eigenvalue weighted by Gasteiger charge is -2.32.